The number of anilines is 1. The molecule has 2 aromatic heterocycles. The van der Waals surface area contributed by atoms with Crippen LogP contribution in [0, 0.1) is 0 Å². The molecule has 3 heterocycles. The van der Waals surface area contributed by atoms with Gasteiger partial charge in [0.2, 0.25) is 0 Å². The summed E-state index contributed by atoms with van der Waals surface area (Å²) in [6.45, 7) is 2.99. The summed E-state index contributed by atoms with van der Waals surface area (Å²) < 4.78 is 1.61. The van der Waals surface area contributed by atoms with Gasteiger partial charge in [-0.2, -0.15) is 4.52 Å². The van der Waals surface area contributed by atoms with Crippen LogP contribution in [0.5, 0.6) is 0 Å². The molecule has 2 N–H and O–H groups in total. The van der Waals surface area contributed by atoms with E-state index in [1.165, 1.54) is 11.1 Å². The Labute approximate surface area is 139 Å². The summed E-state index contributed by atoms with van der Waals surface area (Å²) in [5.41, 5.74) is 3.49. The number of nitrogens with zero attached hydrogens (tertiary/aromatic N) is 5. The maximum absolute atomic E-state index is 10.3. The minimum absolute atomic E-state index is 0.450. The fourth-order valence-corrected chi connectivity index (χ4v) is 3.12. The van der Waals surface area contributed by atoms with Crippen LogP contribution in [-0.2, 0) is 13.0 Å². The van der Waals surface area contributed by atoms with Crippen molar-refractivity contribution in [2.24, 2.45) is 0 Å². The van der Waals surface area contributed by atoms with Crippen LogP contribution in [0.3, 0.4) is 0 Å². The van der Waals surface area contributed by atoms with Gasteiger partial charge in [-0.3, -0.25) is 4.90 Å². The third-order valence-electron chi connectivity index (χ3n) is 4.36. The zero-order valence-corrected chi connectivity index (χ0v) is 13.3. The molecule has 0 bridgehead atoms. The smallest absolute Gasteiger partial charge is 0.177 e. The first kappa shape index (κ1) is 15.0. The molecule has 0 spiro atoms. The van der Waals surface area contributed by atoms with Crippen LogP contribution < -0.4 is 5.32 Å². The van der Waals surface area contributed by atoms with Gasteiger partial charge < -0.3 is 10.4 Å². The van der Waals surface area contributed by atoms with Crippen molar-refractivity contribution in [1.29, 1.82) is 0 Å². The van der Waals surface area contributed by atoms with Crippen LogP contribution in [0.1, 0.15) is 11.1 Å². The lowest BCUT2D eigenvalue weighted by Crippen LogP contribution is -2.39. The number of benzene rings is 1. The molecule has 4 rings (SSSR count). The quantitative estimate of drug-likeness (QED) is 0.728. The van der Waals surface area contributed by atoms with E-state index in [1.54, 1.807) is 10.8 Å². The summed E-state index contributed by atoms with van der Waals surface area (Å²) in [6.07, 6.45) is 2.15. The van der Waals surface area contributed by atoms with Crippen molar-refractivity contribution in [2.75, 3.05) is 25.0 Å². The van der Waals surface area contributed by atoms with Crippen molar-refractivity contribution < 1.29 is 5.11 Å². The molecule has 1 aromatic carbocycles. The van der Waals surface area contributed by atoms with Gasteiger partial charge in [0.05, 0.1) is 6.10 Å². The number of aliphatic hydroxyl groups is 1. The molecule has 0 amide bonds. The van der Waals surface area contributed by atoms with Gasteiger partial charge >= 0.3 is 0 Å². The highest BCUT2D eigenvalue weighted by Crippen LogP contribution is 2.18. The monoisotopic (exact) mass is 324 g/mol. The van der Waals surface area contributed by atoms with Crippen LogP contribution in [0.2, 0.25) is 0 Å². The molecule has 0 unspecified atom stereocenters. The minimum atomic E-state index is -0.450. The number of aliphatic hydroxyl groups excluding tert-OH is 1. The van der Waals surface area contributed by atoms with Crippen LogP contribution in [-0.4, -0.2) is 55.6 Å². The highest BCUT2D eigenvalue weighted by molar-refractivity contribution is 5.42. The third-order valence-corrected chi connectivity index (χ3v) is 4.36. The van der Waals surface area contributed by atoms with Gasteiger partial charge in [-0.15, -0.1) is 15.3 Å². The molecule has 0 saturated carbocycles. The number of hydrogen-bond donors (Lipinski definition) is 2. The van der Waals surface area contributed by atoms with Crippen molar-refractivity contribution in [1.82, 2.24) is 24.7 Å². The number of nitrogens with one attached hydrogen (secondary N) is 1. The van der Waals surface area contributed by atoms with Crippen LogP contribution in [0.4, 0.5) is 5.82 Å². The number of fused-ring (bicyclic) bond motifs is 2. The zero-order valence-electron chi connectivity index (χ0n) is 13.3. The average molecular weight is 324 g/mol. The molecule has 1 aliphatic heterocycles. The molecule has 24 heavy (non-hydrogen) atoms. The highest BCUT2D eigenvalue weighted by atomic mass is 16.3. The Kier molecular flexibility index (Phi) is 4.10. The van der Waals surface area contributed by atoms with E-state index in [4.69, 9.17) is 0 Å². The van der Waals surface area contributed by atoms with Crippen molar-refractivity contribution >= 4 is 11.5 Å². The summed E-state index contributed by atoms with van der Waals surface area (Å²) in [4.78, 5) is 2.30. The Morgan fingerprint density at radius 2 is 2.04 bits per heavy atom. The van der Waals surface area contributed by atoms with Crippen LogP contribution in [0.25, 0.3) is 5.65 Å². The molecule has 7 nitrogen and oxygen atoms in total. The average Bonchev–Trinajstić information content (AvgIpc) is 3.07. The van der Waals surface area contributed by atoms with E-state index in [9.17, 15) is 5.11 Å². The summed E-state index contributed by atoms with van der Waals surface area (Å²) in [6, 6.07) is 12.2. The Morgan fingerprint density at radius 3 is 2.96 bits per heavy atom. The number of hydrogen-bond acceptors (Lipinski definition) is 6. The second-order valence-electron chi connectivity index (χ2n) is 6.14. The summed E-state index contributed by atoms with van der Waals surface area (Å²) in [5.74, 6) is 0.699. The molecule has 0 radical (unpaired) electrons. The molecular weight excluding hydrogens is 304 g/mol. The summed E-state index contributed by atoms with van der Waals surface area (Å²) >= 11 is 0. The van der Waals surface area contributed by atoms with E-state index in [-0.39, 0.29) is 0 Å². The van der Waals surface area contributed by atoms with E-state index in [1.807, 2.05) is 12.1 Å². The first-order chi connectivity index (χ1) is 11.8. The van der Waals surface area contributed by atoms with Gasteiger partial charge in [0.1, 0.15) is 12.1 Å². The van der Waals surface area contributed by atoms with Gasteiger partial charge in [-0.1, -0.05) is 24.3 Å². The largest absolute Gasteiger partial charge is 0.390 e. The summed E-state index contributed by atoms with van der Waals surface area (Å²) in [7, 11) is 0. The number of aromatic nitrogens is 4. The van der Waals surface area contributed by atoms with Crippen LogP contribution >= 0.6 is 0 Å². The lowest BCUT2D eigenvalue weighted by Gasteiger charge is -2.30. The standard InChI is InChI=1S/C17H20N6O/c24-15(9-18-16-5-6-17-20-19-12-23(17)21-16)11-22-8-7-13-3-1-2-4-14(13)10-22/h1-6,12,15,24H,7-11H2,(H,18,21)/t15-/m1/s1. The Balaban J connectivity index is 1.31. The van der Waals surface area contributed by atoms with Gasteiger partial charge in [-0.05, 0) is 29.7 Å². The normalized spacial score (nSPS) is 16.0. The van der Waals surface area contributed by atoms with E-state index >= 15 is 0 Å². The molecule has 0 aliphatic carbocycles. The van der Waals surface area contributed by atoms with E-state index in [0.29, 0.717) is 24.6 Å². The summed E-state index contributed by atoms with van der Waals surface area (Å²) in [5, 5.41) is 25.5. The zero-order chi connectivity index (χ0) is 16.4. The Hall–Kier alpha value is -2.51. The fourth-order valence-electron chi connectivity index (χ4n) is 3.12. The second kappa shape index (κ2) is 6.54. The molecule has 7 heteroatoms. The van der Waals surface area contributed by atoms with Crippen LogP contribution in [0.15, 0.2) is 42.7 Å². The van der Waals surface area contributed by atoms with E-state index in [0.717, 1.165) is 19.5 Å². The minimum Gasteiger partial charge on any atom is -0.390 e. The second-order valence-corrected chi connectivity index (χ2v) is 6.14. The molecule has 124 valence electrons. The van der Waals surface area contributed by atoms with Gasteiger partial charge in [-0.25, -0.2) is 0 Å². The van der Waals surface area contributed by atoms with E-state index < -0.39 is 6.10 Å². The molecule has 0 fully saturated rings. The first-order valence-corrected chi connectivity index (χ1v) is 8.16. The molecular formula is C17H20N6O. The predicted molar refractivity (Wildman–Crippen MR) is 90.7 cm³/mol. The fraction of sp³-hybridized carbons (Fsp3) is 0.353. The van der Waals surface area contributed by atoms with Gasteiger partial charge in [0.15, 0.2) is 5.65 Å². The van der Waals surface area contributed by atoms with Crippen molar-refractivity contribution in [3.05, 3.63) is 53.9 Å². The van der Waals surface area contributed by atoms with Gasteiger partial charge in [0, 0.05) is 26.2 Å². The van der Waals surface area contributed by atoms with Crippen molar-refractivity contribution in [3.63, 3.8) is 0 Å². The third kappa shape index (κ3) is 3.22. The highest BCUT2D eigenvalue weighted by Gasteiger charge is 2.18. The Bertz CT molecular complexity index is 833. The van der Waals surface area contributed by atoms with Crippen molar-refractivity contribution in [3.8, 4) is 0 Å². The lowest BCUT2D eigenvalue weighted by atomic mass is 10.00. The van der Waals surface area contributed by atoms with Crippen molar-refractivity contribution in [2.45, 2.75) is 19.1 Å². The lowest BCUT2D eigenvalue weighted by molar-refractivity contribution is 0.114. The molecule has 0 saturated heterocycles. The topological polar surface area (TPSA) is 78.6 Å². The SMILES string of the molecule is O[C@H](CNc1ccc2nncn2n1)CN1CCc2ccccc2C1. The number of rotatable bonds is 5. The molecule has 1 aliphatic rings. The maximum Gasteiger partial charge on any atom is 0.177 e. The van der Waals surface area contributed by atoms with E-state index in [2.05, 4.69) is 49.8 Å². The maximum atomic E-state index is 10.3. The van der Waals surface area contributed by atoms with Gasteiger partial charge in [0.25, 0.3) is 0 Å². The molecule has 1 atom stereocenters. The molecule has 3 aromatic rings. The number of β-amino-alcohol motifs (C(OH)–C–C–N with tert-alkyl or cyclic N) is 1. The Morgan fingerprint density at radius 1 is 1.17 bits per heavy atom. The predicted octanol–water partition coefficient (Wildman–Crippen LogP) is 0.955. The first-order valence-electron chi connectivity index (χ1n) is 8.16.